The third kappa shape index (κ3) is 6.35. The minimum absolute atomic E-state index is 0.0477. The van der Waals surface area contributed by atoms with Gasteiger partial charge in [-0.25, -0.2) is 4.39 Å². The molecule has 4 aromatic rings. The summed E-state index contributed by atoms with van der Waals surface area (Å²) in [5.41, 5.74) is 2.22. The highest BCUT2D eigenvalue weighted by atomic mass is 19.1. The molecule has 216 valence electrons. The molecule has 0 saturated heterocycles. The molecule has 1 aliphatic rings. The number of nitrogens with one attached hydrogen (secondary N) is 1. The molecule has 0 fully saturated rings. The van der Waals surface area contributed by atoms with Crippen LogP contribution in [0.15, 0.2) is 91.0 Å². The maximum atomic E-state index is 14.8. The van der Waals surface area contributed by atoms with Crippen molar-refractivity contribution in [3.8, 4) is 0 Å². The van der Waals surface area contributed by atoms with Gasteiger partial charge in [-0.05, 0) is 56.3 Å². The molecule has 6 nitrogen and oxygen atoms in total. The Bertz CT molecular complexity index is 1610. The number of nitrogens with zero attached hydrogens (tertiary/aromatic N) is 2. The fraction of sp³-hybridized carbons (Fsp3) is 0.286. The number of anilines is 1. The topological polar surface area (TPSA) is 69.7 Å². The van der Waals surface area contributed by atoms with Crippen LogP contribution in [0.25, 0.3) is 10.8 Å². The highest BCUT2D eigenvalue weighted by Crippen LogP contribution is 2.37. The zero-order valence-corrected chi connectivity index (χ0v) is 24.3. The molecule has 42 heavy (non-hydrogen) atoms. The average molecular weight is 566 g/mol. The van der Waals surface area contributed by atoms with Crippen molar-refractivity contribution in [2.75, 3.05) is 11.4 Å². The highest BCUT2D eigenvalue weighted by molar-refractivity contribution is 6.25. The van der Waals surface area contributed by atoms with Crippen molar-refractivity contribution in [3.63, 3.8) is 0 Å². The van der Waals surface area contributed by atoms with Crippen LogP contribution in [-0.4, -0.2) is 40.7 Å². The quantitative estimate of drug-likeness (QED) is 0.246. The van der Waals surface area contributed by atoms with Crippen molar-refractivity contribution in [3.05, 3.63) is 114 Å². The molecule has 0 aliphatic carbocycles. The molecule has 0 radical (unpaired) electrons. The maximum absolute atomic E-state index is 14.8. The average Bonchev–Trinajstić information content (AvgIpc) is 3.23. The molecule has 0 saturated carbocycles. The monoisotopic (exact) mass is 565 g/mol. The number of amides is 3. The molecule has 1 atom stereocenters. The van der Waals surface area contributed by atoms with E-state index in [0.29, 0.717) is 24.1 Å². The second kappa shape index (κ2) is 12.1. The lowest BCUT2D eigenvalue weighted by atomic mass is 10.00. The summed E-state index contributed by atoms with van der Waals surface area (Å²) in [7, 11) is 0. The van der Waals surface area contributed by atoms with Gasteiger partial charge >= 0.3 is 0 Å². The van der Waals surface area contributed by atoms with Crippen LogP contribution in [-0.2, 0) is 22.6 Å². The van der Waals surface area contributed by atoms with Gasteiger partial charge in [0.1, 0.15) is 11.9 Å². The standard InChI is InChI=1S/C35H36FN3O3/c1-35(2,3)37-33(41)30(22-24-12-5-4-6-13-24)39(23-26-14-7-8-18-28(26)36)31(40)20-11-21-38-29-19-10-16-25-15-9-17-27(32(25)29)34(38)42/h4-10,12-19,30H,11,20-23H2,1-3H3,(H,37,41)/t30-/m1/s1. The second-order valence-electron chi connectivity index (χ2n) is 11.8. The Morgan fingerprint density at radius 2 is 1.60 bits per heavy atom. The molecule has 0 aromatic heterocycles. The Balaban J connectivity index is 1.39. The summed E-state index contributed by atoms with van der Waals surface area (Å²) in [6.45, 7) is 5.97. The van der Waals surface area contributed by atoms with E-state index in [9.17, 15) is 18.8 Å². The number of benzene rings is 4. The van der Waals surface area contributed by atoms with Gasteiger partial charge in [0.05, 0.1) is 5.69 Å². The lowest BCUT2D eigenvalue weighted by Gasteiger charge is -2.34. The number of hydrogen-bond acceptors (Lipinski definition) is 3. The van der Waals surface area contributed by atoms with Crippen molar-refractivity contribution in [1.29, 1.82) is 0 Å². The molecule has 1 aliphatic heterocycles. The number of carbonyl (C=O) groups is 3. The first-order valence-corrected chi connectivity index (χ1v) is 14.3. The van der Waals surface area contributed by atoms with E-state index in [-0.39, 0.29) is 37.1 Å². The largest absolute Gasteiger partial charge is 0.350 e. The molecular weight excluding hydrogens is 529 g/mol. The van der Waals surface area contributed by atoms with Crippen LogP contribution in [0.1, 0.15) is 55.1 Å². The summed E-state index contributed by atoms with van der Waals surface area (Å²) in [5.74, 6) is -1.08. The van der Waals surface area contributed by atoms with Crippen LogP contribution in [0.5, 0.6) is 0 Å². The first-order valence-electron chi connectivity index (χ1n) is 14.3. The Morgan fingerprint density at radius 3 is 2.31 bits per heavy atom. The predicted octanol–water partition coefficient (Wildman–Crippen LogP) is 6.27. The van der Waals surface area contributed by atoms with Gasteiger partial charge < -0.3 is 15.1 Å². The van der Waals surface area contributed by atoms with Gasteiger partial charge in [0.2, 0.25) is 11.8 Å². The fourth-order valence-corrected chi connectivity index (χ4v) is 5.55. The Kier molecular flexibility index (Phi) is 8.39. The summed E-state index contributed by atoms with van der Waals surface area (Å²) >= 11 is 0. The zero-order valence-electron chi connectivity index (χ0n) is 24.3. The summed E-state index contributed by atoms with van der Waals surface area (Å²) in [5, 5.41) is 4.96. The van der Waals surface area contributed by atoms with E-state index in [1.807, 2.05) is 87.5 Å². The lowest BCUT2D eigenvalue weighted by Crippen LogP contribution is -2.54. The lowest BCUT2D eigenvalue weighted by molar-refractivity contribution is -0.142. The van der Waals surface area contributed by atoms with Gasteiger partial charge in [0.15, 0.2) is 0 Å². The van der Waals surface area contributed by atoms with Gasteiger partial charge in [-0.2, -0.15) is 0 Å². The molecule has 1 N–H and O–H groups in total. The molecule has 0 bridgehead atoms. The van der Waals surface area contributed by atoms with Gasteiger partial charge in [-0.3, -0.25) is 14.4 Å². The van der Waals surface area contributed by atoms with Crippen LogP contribution < -0.4 is 10.2 Å². The minimum Gasteiger partial charge on any atom is -0.350 e. The third-order valence-corrected chi connectivity index (χ3v) is 7.49. The normalized spacial score (nSPS) is 13.3. The van der Waals surface area contributed by atoms with E-state index < -0.39 is 17.4 Å². The Labute approximate surface area is 246 Å². The first-order chi connectivity index (χ1) is 20.1. The van der Waals surface area contributed by atoms with Crippen LogP contribution in [0.3, 0.4) is 0 Å². The van der Waals surface area contributed by atoms with Crippen molar-refractivity contribution in [1.82, 2.24) is 10.2 Å². The number of halogens is 1. The number of hydrogen-bond donors (Lipinski definition) is 1. The summed E-state index contributed by atoms with van der Waals surface area (Å²) < 4.78 is 14.8. The van der Waals surface area contributed by atoms with E-state index in [4.69, 9.17) is 0 Å². The number of carbonyl (C=O) groups excluding carboxylic acids is 3. The molecule has 4 aromatic carbocycles. The van der Waals surface area contributed by atoms with Crippen LogP contribution >= 0.6 is 0 Å². The van der Waals surface area contributed by atoms with Crippen molar-refractivity contribution in [2.24, 2.45) is 0 Å². The summed E-state index contributed by atoms with van der Waals surface area (Å²) in [6.07, 6.45) is 0.769. The second-order valence-corrected chi connectivity index (χ2v) is 11.8. The first kappa shape index (κ1) is 29.0. The van der Waals surface area contributed by atoms with E-state index in [2.05, 4.69) is 5.32 Å². The van der Waals surface area contributed by atoms with E-state index in [1.165, 1.54) is 11.0 Å². The minimum atomic E-state index is -0.856. The van der Waals surface area contributed by atoms with Crippen molar-refractivity contribution < 1.29 is 18.8 Å². The van der Waals surface area contributed by atoms with Crippen LogP contribution in [0, 0.1) is 5.82 Å². The number of rotatable bonds is 10. The summed E-state index contributed by atoms with van der Waals surface area (Å²) in [6, 6.07) is 26.5. The molecule has 3 amide bonds. The molecule has 0 unspecified atom stereocenters. The third-order valence-electron chi connectivity index (χ3n) is 7.49. The molecule has 0 spiro atoms. The van der Waals surface area contributed by atoms with Crippen molar-refractivity contribution >= 4 is 34.2 Å². The smallest absolute Gasteiger partial charge is 0.258 e. The summed E-state index contributed by atoms with van der Waals surface area (Å²) in [4.78, 5) is 44.1. The van der Waals surface area contributed by atoms with Gasteiger partial charge in [-0.15, -0.1) is 0 Å². The molecular formula is C35H36FN3O3. The van der Waals surface area contributed by atoms with Crippen LogP contribution in [0.4, 0.5) is 10.1 Å². The predicted molar refractivity (Wildman–Crippen MR) is 164 cm³/mol. The Hall–Kier alpha value is -4.52. The van der Waals surface area contributed by atoms with E-state index >= 15 is 0 Å². The van der Waals surface area contributed by atoms with E-state index in [1.54, 1.807) is 23.1 Å². The van der Waals surface area contributed by atoms with Gasteiger partial charge in [0, 0.05) is 48.0 Å². The zero-order chi connectivity index (χ0) is 29.9. The van der Waals surface area contributed by atoms with Gasteiger partial charge in [0.25, 0.3) is 5.91 Å². The van der Waals surface area contributed by atoms with Crippen LogP contribution in [0.2, 0.25) is 0 Å². The van der Waals surface area contributed by atoms with Gasteiger partial charge in [-0.1, -0.05) is 72.8 Å². The fourth-order valence-electron chi connectivity index (χ4n) is 5.55. The van der Waals surface area contributed by atoms with E-state index in [0.717, 1.165) is 22.0 Å². The molecule has 5 rings (SSSR count). The Morgan fingerprint density at radius 1 is 0.905 bits per heavy atom. The SMILES string of the molecule is CC(C)(C)NC(=O)[C@@H](Cc1ccccc1)N(Cc1ccccc1F)C(=O)CCCN1C(=O)c2cccc3cccc1c23. The highest BCUT2D eigenvalue weighted by Gasteiger charge is 2.33. The molecule has 7 heteroatoms. The maximum Gasteiger partial charge on any atom is 0.258 e. The van der Waals surface area contributed by atoms with Crippen molar-refractivity contribution in [2.45, 2.75) is 58.2 Å². The molecule has 1 heterocycles.